The zero-order valence-corrected chi connectivity index (χ0v) is 14.4. The standard InChI is InChI=1S/C18H18F3N5/c1-12-15(10-23-17-22-9-8-16(24-17)18(19,20)21)13(2)26(25-12)11-14-6-4-3-5-7-14/h3-9H,10-11H2,1-2H3,(H,22,23,24). The lowest BCUT2D eigenvalue weighted by molar-refractivity contribution is -0.141. The molecule has 136 valence electrons. The minimum absolute atomic E-state index is 0.0607. The van der Waals surface area contributed by atoms with Gasteiger partial charge in [-0.2, -0.15) is 18.3 Å². The van der Waals surface area contributed by atoms with E-state index >= 15 is 0 Å². The van der Waals surface area contributed by atoms with Crippen molar-refractivity contribution in [3.05, 3.63) is 70.8 Å². The zero-order chi connectivity index (χ0) is 18.7. The molecule has 0 radical (unpaired) electrons. The van der Waals surface area contributed by atoms with Crippen molar-refractivity contribution >= 4 is 5.95 Å². The predicted molar refractivity (Wildman–Crippen MR) is 91.6 cm³/mol. The van der Waals surface area contributed by atoms with Gasteiger partial charge in [-0.05, 0) is 25.5 Å². The number of halogens is 3. The molecule has 2 heterocycles. The van der Waals surface area contributed by atoms with Crippen molar-refractivity contribution in [1.82, 2.24) is 19.7 Å². The summed E-state index contributed by atoms with van der Waals surface area (Å²) in [7, 11) is 0. The van der Waals surface area contributed by atoms with Crippen LogP contribution in [-0.4, -0.2) is 19.7 Å². The highest BCUT2D eigenvalue weighted by Crippen LogP contribution is 2.27. The Morgan fingerprint density at radius 3 is 2.50 bits per heavy atom. The van der Waals surface area contributed by atoms with Crippen LogP contribution in [0.1, 0.15) is 28.2 Å². The van der Waals surface area contributed by atoms with Gasteiger partial charge in [-0.15, -0.1) is 0 Å². The maximum absolute atomic E-state index is 12.7. The fraction of sp³-hybridized carbons (Fsp3) is 0.278. The lowest BCUT2D eigenvalue weighted by Gasteiger charge is -2.09. The van der Waals surface area contributed by atoms with Gasteiger partial charge in [-0.3, -0.25) is 4.68 Å². The molecule has 0 aliphatic heterocycles. The quantitative estimate of drug-likeness (QED) is 0.747. The molecule has 8 heteroatoms. The van der Waals surface area contributed by atoms with Gasteiger partial charge in [0.1, 0.15) is 5.69 Å². The van der Waals surface area contributed by atoms with Crippen LogP contribution in [0.2, 0.25) is 0 Å². The Labute approximate surface area is 148 Å². The van der Waals surface area contributed by atoms with Gasteiger partial charge in [0.25, 0.3) is 0 Å². The summed E-state index contributed by atoms with van der Waals surface area (Å²) in [5.74, 6) is -0.0607. The minimum atomic E-state index is -4.49. The van der Waals surface area contributed by atoms with Crippen molar-refractivity contribution in [1.29, 1.82) is 0 Å². The van der Waals surface area contributed by atoms with Crippen LogP contribution in [0.5, 0.6) is 0 Å². The molecule has 26 heavy (non-hydrogen) atoms. The van der Waals surface area contributed by atoms with E-state index < -0.39 is 11.9 Å². The van der Waals surface area contributed by atoms with Crippen LogP contribution in [-0.2, 0) is 19.3 Å². The molecule has 5 nitrogen and oxygen atoms in total. The van der Waals surface area contributed by atoms with E-state index in [0.717, 1.165) is 34.8 Å². The second kappa shape index (κ2) is 7.15. The summed E-state index contributed by atoms with van der Waals surface area (Å²) in [6, 6.07) is 10.8. The molecule has 3 rings (SSSR count). The molecule has 0 fully saturated rings. The fourth-order valence-electron chi connectivity index (χ4n) is 2.67. The Morgan fingerprint density at radius 1 is 1.08 bits per heavy atom. The van der Waals surface area contributed by atoms with E-state index in [0.29, 0.717) is 13.1 Å². The van der Waals surface area contributed by atoms with E-state index in [2.05, 4.69) is 20.4 Å². The third-order valence-corrected chi connectivity index (χ3v) is 4.08. The number of hydrogen-bond acceptors (Lipinski definition) is 4. The van der Waals surface area contributed by atoms with Gasteiger partial charge in [-0.25, -0.2) is 9.97 Å². The maximum atomic E-state index is 12.7. The van der Waals surface area contributed by atoms with Crippen LogP contribution in [0, 0.1) is 13.8 Å². The number of nitrogens with zero attached hydrogens (tertiary/aromatic N) is 4. The average Bonchev–Trinajstić information content (AvgIpc) is 2.87. The summed E-state index contributed by atoms with van der Waals surface area (Å²) in [4.78, 5) is 7.37. The van der Waals surface area contributed by atoms with Crippen LogP contribution >= 0.6 is 0 Å². The van der Waals surface area contributed by atoms with Gasteiger partial charge in [0.2, 0.25) is 5.95 Å². The number of nitrogens with one attached hydrogen (secondary N) is 1. The topological polar surface area (TPSA) is 55.6 Å². The Balaban J connectivity index is 1.75. The second-order valence-electron chi connectivity index (χ2n) is 5.91. The molecule has 0 atom stereocenters. The van der Waals surface area contributed by atoms with Crippen LogP contribution in [0.15, 0.2) is 42.6 Å². The summed E-state index contributed by atoms with van der Waals surface area (Å²) in [5, 5.41) is 7.39. The highest BCUT2D eigenvalue weighted by Gasteiger charge is 2.32. The molecule has 0 bridgehead atoms. The number of aromatic nitrogens is 4. The molecule has 0 aliphatic carbocycles. The number of benzene rings is 1. The monoisotopic (exact) mass is 361 g/mol. The summed E-state index contributed by atoms with van der Waals surface area (Å²) < 4.78 is 40.1. The van der Waals surface area contributed by atoms with E-state index in [1.807, 2.05) is 48.9 Å². The van der Waals surface area contributed by atoms with Gasteiger partial charge in [-0.1, -0.05) is 30.3 Å². The van der Waals surface area contributed by atoms with Gasteiger partial charge in [0, 0.05) is 24.0 Å². The molecule has 3 aromatic rings. The van der Waals surface area contributed by atoms with Crippen LogP contribution in [0.25, 0.3) is 0 Å². The first kappa shape index (κ1) is 17.9. The van der Waals surface area contributed by atoms with Crippen molar-refractivity contribution < 1.29 is 13.2 Å². The van der Waals surface area contributed by atoms with E-state index in [-0.39, 0.29) is 5.95 Å². The van der Waals surface area contributed by atoms with Crippen LogP contribution in [0.3, 0.4) is 0 Å². The highest BCUT2D eigenvalue weighted by molar-refractivity contribution is 5.33. The molecular weight excluding hydrogens is 343 g/mol. The Kier molecular flexibility index (Phi) is 4.92. The molecular formula is C18H18F3N5. The molecule has 0 aliphatic rings. The number of rotatable bonds is 5. The number of anilines is 1. The third-order valence-electron chi connectivity index (χ3n) is 4.08. The smallest absolute Gasteiger partial charge is 0.350 e. The average molecular weight is 361 g/mol. The second-order valence-corrected chi connectivity index (χ2v) is 5.91. The van der Waals surface area contributed by atoms with Crippen molar-refractivity contribution in [2.75, 3.05) is 5.32 Å². The van der Waals surface area contributed by atoms with Crippen LogP contribution in [0.4, 0.5) is 19.1 Å². The van der Waals surface area contributed by atoms with Crippen molar-refractivity contribution in [3.8, 4) is 0 Å². The molecule has 2 aromatic heterocycles. The first-order chi connectivity index (χ1) is 12.3. The van der Waals surface area contributed by atoms with E-state index in [9.17, 15) is 13.2 Å². The first-order valence-electron chi connectivity index (χ1n) is 8.05. The summed E-state index contributed by atoms with van der Waals surface area (Å²) >= 11 is 0. The molecule has 0 spiro atoms. The molecule has 1 aromatic carbocycles. The summed E-state index contributed by atoms with van der Waals surface area (Å²) in [6.07, 6.45) is -3.40. The Morgan fingerprint density at radius 2 is 1.81 bits per heavy atom. The fourth-order valence-corrected chi connectivity index (χ4v) is 2.67. The van der Waals surface area contributed by atoms with E-state index in [1.165, 1.54) is 0 Å². The maximum Gasteiger partial charge on any atom is 0.433 e. The van der Waals surface area contributed by atoms with Gasteiger partial charge in [0.05, 0.1) is 12.2 Å². The van der Waals surface area contributed by atoms with Crippen LogP contribution < -0.4 is 5.32 Å². The summed E-state index contributed by atoms with van der Waals surface area (Å²) in [6.45, 7) is 4.74. The molecule has 0 amide bonds. The molecule has 0 saturated heterocycles. The normalized spacial score (nSPS) is 11.6. The number of hydrogen-bond donors (Lipinski definition) is 1. The number of aryl methyl sites for hydroxylation is 1. The zero-order valence-electron chi connectivity index (χ0n) is 14.4. The Hall–Kier alpha value is -2.90. The van der Waals surface area contributed by atoms with Gasteiger partial charge >= 0.3 is 6.18 Å². The third kappa shape index (κ3) is 4.01. The van der Waals surface area contributed by atoms with E-state index in [1.54, 1.807) is 0 Å². The Bertz CT molecular complexity index is 888. The van der Waals surface area contributed by atoms with E-state index in [4.69, 9.17) is 0 Å². The lowest BCUT2D eigenvalue weighted by Crippen LogP contribution is -2.12. The molecule has 0 unspecified atom stereocenters. The highest BCUT2D eigenvalue weighted by atomic mass is 19.4. The molecule has 0 saturated carbocycles. The van der Waals surface area contributed by atoms with Gasteiger partial charge in [0.15, 0.2) is 0 Å². The minimum Gasteiger partial charge on any atom is -0.350 e. The molecule has 1 N–H and O–H groups in total. The summed E-state index contributed by atoms with van der Waals surface area (Å²) in [5.41, 5.74) is 2.84. The number of alkyl halides is 3. The largest absolute Gasteiger partial charge is 0.433 e. The SMILES string of the molecule is Cc1nn(Cc2ccccc2)c(C)c1CNc1nccc(C(F)(F)F)n1. The lowest BCUT2D eigenvalue weighted by atomic mass is 10.2. The first-order valence-corrected chi connectivity index (χ1v) is 8.05. The van der Waals surface area contributed by atoms with Crippen molar-refractivity contribution in [2.24, 2.45) is 0 Å². The van der Waals surface area contributed by atoms with Crippen molar-refractivity contribution in [3.63, 3.8) is 0 Å². The van der Waals surface area contributed by atoms with Gasteiger partial charge < -0.3 is 5.32 Å². The van der Waals surface area contributed by atoms with Crippen molar-refractivity contribution in [2.45, 2.75) is 33.1 Å². The predicted octanol–water partition coefficient (Wildman–Crippen LogP) is 3.97.